The number of fused-ring (bicyclic) bond motifs is 3. The summed E-state index contributed by atoms with van der Waals surface area (Å²) in [5.74, 6) is 2.05. The van der Waals surface area contributed by atoms with Crippen LogP contribution >= 0.6 is 11.3 Å². The third kappa shape index (κ3) is 3.39. The van der Waals surface area contributed by atoms with Crippen molar-refractivity contribution in [2.75, 3.05) is 31.1 Å². The van der Waals surface area contributed by atoms with Gasteiger partial charge in [0.05, 0.1) is 11.4 Å². The fourth-order valence-corrected chi connectivity index (χ4v) is 5.88. The molecular formula is C21H29N5OS. The summed E-state index contributed by atoms with van der Waals surface area (Å²) in [6, 6.07) is 0.376. The lowest BCUT2D eigenvalue weighted by atomic mass is 9.89. The molecule has 2 aliphatic carbocycles. The normalized spacial score (nSPS) is 24.2. The van der Waals surface area contributed by atoms with Gasteiger partial charge in [0.2, 0.25) is 5.91 Å². The fourth-order valence-electron chi connectivity index (χ4n) is 4.53. The van der Waals surface area contributed by atoms with E-state index >= 15 is 0 Å². The van der Waals surface area contributed by atoms with Crippen LogP contribution < -0.4 is 10.2 Å². The molecule has 7 heteroatoms. The number of piperazine rings is 1. The summed E-state index contributed by atoms with van der Waals surface area (Å²) in [7, 11) is 0. The van der Waals surface area contributed by atoms with Crippen LogP contribution in [0.5, 0.6) is 0 Å². The number of nitrogens with zero attached hydrogens (tertiary/aromatic N) is 4. The average molecular weight is 400 g/mol. The second-order valence-electron chi connectivity index (χ2n) is 8.71. The Labute approximate surface area is 170 Å². The number of carbonyl (C=O) groups excluding carboxylic acids is 1. The molecule has 1 saturated carbocycles. The molecule has 1 amide bonds. The summed E-state index contributed by atoms with van der Waals surface area (Å²) in [6.07, 6.45) is 7.58. The summed E-state index contributed by atoms with van der Waals surface area (Å²) in [5, 5.41) is 4.43. The van der Waals surface area contributed by atoms with Gasteiger partial charge < -0.3 is 10.2 Å². The summed E-state index contributed by atoms with van der Waals surface area (Å²) in [5.41, 5.74) is 1.49. The molecule has 150 valence electrons. The molecule has 0 radical (unpaired) electrons. The van der Waals surface area contributed by atoms with Gasteiger partial charge in [-0.25, -0.2) is 9.97 Å². The number of carbonyl (C=O) groups is 1. The van der Waals surface area contributed by atoms with Crippen molar-refractivity contribution in [3.05, 3.63) is 16.8 Å². The van der Waals surface area contributed by atoms with Crippen molar-refractivity contribution in [1.82, 2.24) is 20.2 Å². The van der Waals surface area contributed by atoms with Gasteiger partial charge in [0, 0.05) is 37.1 Å². The molecule has 0 spiro atoms. The Morgan fingerprint density at radius 2 is 2.00 bits per heavy atom. The first kappa shape index (κ1) is 18.3. The van der Waals surface area contributed by atoms with E-state index in [0.717, 1.165) is 62.0 Å². The van der Waals surface area contributed by atoms with E-state index in [2.05, 4.69) is 27.0 Å². The Morgan fingerprint density at radius 1 is 1.21 bits per heavy atom. The fraction of sp³-hybridized carbons (Fsp3) is 0.667. The van der Waals surface area contributed by atoms with E-state index in [4.69, 9.17) is 4.98 Å². The number of aromatic nitrogens is 2. The summed E-state index contributed by atoms with van der Waals surface area (Å²) < 4.78 is 0. The topological polar surface area (TPSA) is 61.4 Å². The molecule has 0 bridgehead atoms. The van der Waals surface area contributed by atoms with Crippen molar-refractivity contribution in [2.45, 2.75) is 58.0 Å². The molecule has 6 nitrogen and oxygen atoms in total. The number of thiophene rings is 1. The number of hydrogen-bond donors (Lipinski definition) is 1. The highest BCUT2D eigenvalue weighted by Crippen LogP contribution is 2.40. The molecule has 2 aromatic rings. The standard InChI is InChI=1S/C21H29N5OS/c1-13-3-6-16-17(11-13)28-21-18(16)19(22-12-23-21)26-9-7-25(8-10-26)14(2)20(27)24-15-4-5-15/h12-15H,3-11H2,1-2H3,(H,24,27). The highest BCUT2D eigenvalue weighted by molar-refractivity contribution is 7.19. The maximum absolute atomic E-state index is 12.4. The van der Waals surface area contributed by atoms with Gasteiger partial charge in [0.15, 0.2) is 0 Å². The molecule has 1 saturated heterocycles. The zero-order valence-electron chi connectivity index (χ0n) is 16.8. The number of nitrogens with one attached hydrogen (secondary N) is 1. The van der Waals surface area contributed by atoms with Crippen LogP contribution in [0.15, 0.2) is 6.33 Å². The maximum Gasteiger partial charge on any atom is 0.237 e. The second-order valence-corrected chi connectivity index (χ2v) is 9.79. The van der Waals surface area contributed by atoms with Crippen molar-refractivity contribution in [1.29, 1.82) is 0 Å². The molecule has 3 heterocycles. The van der Waals surface area contributed by atoms with Crippen molar-refractivity contribution in [3.8, 4) is 0 Å². The van der Waals surface area contributed by atoms with Crippen molar-refractivity contribution < 1.29 is 4.79 Å². The van der Waals surface area contributed by atoms with Crippen molar-refractivity contribution in [2.24, 2.45) is 5.92 Å². The van der Waals surface area contributed by atoms with E-state index in [-0.39, 0.29) is 11.9 Å². The molecule has 1 aliphatic heterocycles. The van der Waals surface area contributed by atoms with Gasteiger partial charge in [0.25, 0.3) is 0 Å². The van der Waals surface area contributed by atoms with E-state index < -0.39 is 0 Å². The summed E-state index contributed by atoms with van der Waals surface area (Å²) >= 11 is 1.86. The van der Waals surface area contributed by atoms with Gasteiger partial charge in [-0.1, -0.05) is 6.92 Å². The molecule has 0 aromatic carbocycles. The molecule has 2 atom stereocenters. The highest BCUT2D eigenvalue weighted by Gasteiger charge is 2.31. The van der Waals surface area contributed by atoms with Crippen LogP contribution in [-0.2, 0) is 17.6 Å². The van der Waals surface area contributed by atoms with Gasteiger partial charge in [-0.2, -0.15) is 0 Å². The van der Waals surface area contributed by atoms with Gasteiger partial charge in [-0.15, -0.1) is 11.3 Å². The summed E-state index contributed by atoms with van der Waals surface area (Å²) in [6.45, 7) is 8.00. The number of amides is 1. The molecule has 2 unspecified atom stereocenters. The van der Waals surface area contributed by atoms with Gasteiger partial charge >= 0.3 is 0 Å². The number of rotatable bonds is 4. The Hall–Kier alpha value is -1.73. The monoisotopic (exact) mass is 399 g/mol. The lowest BCUT2D eigenvalue weighted by Gasteiger charge is -2.38. The van der Waals surface area contributed by atoms with E-state index in [0.29, 0.717) is 6.04 Å². The smallest absolute Gasteiger partial charge is 0.237 e. The maximum atomic E-state index is 12.4. The zero-order chi connectivity index (χ0) is 19.3. The van der Waals surface area contributed by atoms with E-state index in [1.165, 1.54) is 28.7 Å². The Kier molecular flexibility index (Phi) is 4.75. The SMILES string of the molecule is CC1CCc2c(sc3ncnc(N4CCN(C(C)C(=O)NC5CC5)CC4)c23)C1. The van der Waals surface area contributed by atoms with Crippen LogP contribution in [0, 0.1) is 5.92 Å². The molecule has 5 rings (SSSR count). The minimum atomic E-state index is -0.0523. The second kappa shape index (κ2) is 7.26. The summed E-state index contributed by atoms with van der Waals surface area (Å²) in [4.78, 5) is 29.0. The van der Waals surface area contributed by atoms with Crippen molar-refractivity contribution >= 4 is 33.3 Å². The molecular weight excluding hydrogens is 370 g/mol. The van der Waals surface area contributed by atoms with Crippen LogP contribution in [0.1, 0.15) is 43.6 Å². The number of hydrogen-bond acceptors (Lipinski definition) is 6. The number of aryl methyl sites for hydroxylation is 1. The first-order valence-corrected chi connectivity index (χ1v) is 11.5. The zero-order valence-corrected chi connectivity index (χ0v) is 17.6. The van der Waals surface area contributed by atoms with Crippen LogP contribution in [0.3, 0.4) is 0 Å². The minimum Gasteiger partial charge on any atom is -0.353 e. The van der Waals surface area contributed by atoms with Gasteiger partial charge in [0.1, 0.15) is 17.0 Å². The largest absolute Gasteiger partial charge is 0.353 e. The first-order valence-electron chi connectivity index (χ1n) is 10.6. The van der Waals surface area contributed by atoms with Crippen LogP contribution in [0.4, 0.5) is 5.82 Å². The lowest BCUT2D eigenvalue weighted by Crippen LogP contribution is -2.54. The Balaban J connectivity index is 1.32. The van der Waals surface area contributed by atoms with Crippen LogP contribution in [-0.4, -0.2) is 59.0 Å². The molecule has 1 N–H and O–H groups in total. The highest BCUT2D eigenvalue weighted by atomic mass is 32.1. The number of anilines is 1. The van der Waals surface area contributed by atoms with Gasteiger partial charge in [-0.05, 0) is 50.5 Å². The minimum absolute atomic E-state index is 0.0523. The molecule has 2 aromatic heterocycles. The Bertz CT molecular complexity index is 884. The Morgan fingerprint density at radius 3 is 2.75 bits per heavy atom. The third-order valence-corrected chi connectivity index (χ3v) is 7.70. The quantitative estimate of drug-likeness (QED) is 0.856. The van der Waals surface area contributed by atoms with Crippen molar-refractivity contribution in [3.63, 3.8) is 0 Å². The predicted molar refractivity (Wildman–Crippen MR) is 113 cm³/mol. The molecule has 2 fully saturated rings. The average Bonchev–Trinajstić information content (AvgIpc) is 3.44. The molecule has 3 aliphatic rings. The van der Waals surface area contributed by atoms with E-state index in [9.17, 15) is 4.79 Å². The lowest BCUT2D eigenvalue weighted by molar-refractivity contribution is -0.126. The van der Waals surface area contributed by atoms with E-state index in [1.807, 2.05) is 18.3 Å². The van der Waals surface area contributed by atoms with Gasteiger partial charge in [-0.3, -0.25) is 9.69 Å². The third-order valence-electron chi connectivity index (χ3n) is 6.54. The molecule has 28 heavy (non-hydrogen) atoms. The first-order chi connectivity index (χ1) is 13.6. The predicted octanol–water partition coefficient (Wildman–Crippen LogP) is 2.61. The van der Waals surface area contributed by atoms with Crippen LogP contribution in [0.2, 0.25) is 0 Å². The van der Waals surface area contributed by atoms with E-state index in [1.54, 1.807) is 6.33 Å². The van der Waals surface area contributed by atoms with Crippen LogP contribution in [0.25, 0.3) is 10.2 Å².